The van der Waals surface area contributed by atoms with Gasteiger partial charge in [0.25, 0.3) is 0 Å². The van der Waals surface area contributed by atoms with Gasteiger partial charge in [-0.15, -0.1) is 0 Å². The molecule has 1 aliphatic heterocycles. The largest absolute Gasteiger partial charge is 0.481 e. The van der Waals surface area contributed by atoms with E-state index in [2.05, 4.69) is 35.6 Å². The molecule has 26 heteroatoms. The number of carbonyl (C=O) groups excluding carboxylic acids is 4. The van der Waals surface area contributed by atoms with Crippen molar-refractivity contribution in [3.8, 4) is 0 Å². The minimum atomic E-state index is -3.79. The lowest BCUT2D eigenvalue weighted by molar-refractivity contribution is -0.143. The second-order valence-electron chi connectivity index (χ2n) is 15.8. The molecule has 0 radical (unpaired) electrons. The molecule has 2 unspecified atom stereocenters. The van der Waals surface area contributed by atoms with Gasteiger partial charge in [0, 0.05) is 45.1 Å². The van der Waals surface area contributed by atoms with E-state index >= 15 is 0 Å². The van der Waals surface area contributed by atoms with Gasteiger partial charge in [0.05, 0.1) is 84.9 Å². The second kappa shape index (κ2) is 33.9. The number of nitrogens with one attached hydrogen (secondary N) is 4. The molecular formula is C46H65N5O19P2. The Bertz CT molecular complexity index is 2180. The van der Waals surface area contributed by atoms with Crippen LogP contribution in [0.15, 0.2) is 48.5 Å². The molecule has 0 saturated heterocycles. The van der Waals surface area contributed by atoms with Gasteiger partial charge in [0.15, 0.2) is 0 Å². The van der Waals surface area contributed by atoms with Crippen LogP contribution in [0, 0.1) is 0 Å². The minimum absolute atomic E-state index is 0.0538. The van der Waals surface area contributed by atoms with Crippen LogP contribution >= 0.6 is 15.7 Å². The molecule has 2 aromatic rings. The van der Waals surface area contributed by atoms with E-state index in [4.69, 9.17) is 33.3 Å². The predicted octanol–water partition coefficient (Wildman–Crippen LogP) is 2.12. The van der Waals surface area contributed by atoms with Crippen molar-refractivity contribution < 1.29 is 91.9 Å². The number of nitrogens with zero attached hydrogens (tertiary/aromatic N) is 1. The van der Waals surface area contributed by atoms with Gasteiger partial charge in [-0.3, -0.25) is 28.8 Å². The van der Waals surface area contributed by atoms with Crippen molar-refractivity contribution in [2.45, 2.75) is 76.0 Å². The normalized spacial score (nSPS) is 14.4. The first kappa shape index (κ1) is 60.7. The number of para-hydroxylation sites is 1. The molecule has 398 valence electrons. The van der Waals surface area contributed by atoms with Gasteiger partial charge < -0.3 is 74.4 Å². The topological polar surface area (TPSA) is 344 Å². The number of hydrogen-bond donors (Lipinski definition) is 9. The number of hydrogen-bond acceptors (Lipinski definition) is 14. The highest BCUT2D eigenvalue weighted by Gasteiger charge is 2.28. The summed E-state index contributed by atoms with van der Waals surface area (Å²) in [5.41, 5.74) is 3.85. The van der Waals surface area contributed by atoms with Crippen molar-refractivity contribution in [1.82, 2.24) is 21.0 Å². The average molecular weight is 1050 g/mol. The van der Waals surface area contributed by atoms with Gasteiger partial charge in [-0.05, 0) is 35.6 Å². The molecule has 0 saturated carbocycles. The summed E-state index contributed by atoms with van der Waals surface area (Å²) in [4.78, 5) is 108. The van der Waals surface area contributed by atoms with Crippen molar-refractivity contribution in [2.24, 2.45) is 0 Å². The smallest absolute Gasteiger partial charge is 0.326 e. The number of ether oxygens (including phenoxy) is 5. The Kier molecular flexibility index (Phi) is 28.6. The Labute approximate surface area is 418 Å². The Hall–Kier alpha value is -5.65. The summed E-state index contributed by atoms with van der Waals surface area (Å²) in [6.45, 7) is 2.37. The fourth-order valence-electron chi connectivity index (χ4n) is 6.60. The van der Waals surface area contributed by atoms with E-state index < -0.39 is 86.8 Å². The Balaban J connectivity index is 1.14. The van der Waals surface area contributed by atoms with Crippen molar-refractivity contribution in [3.63, 3.8) is 0 Å². The van der Waals surface area contributed by atoms with E-state index in [1.165, 1.54) is 0 Å². The number of aliphatic carboxylic acids is 4. The summed E-state index contributed by atoms with van der Waals surface area (Å²) < 4.78 is 32.3. The lowest BCUT2D eigenvalue weighted by atomic mass is 10.0. The number of carboxylic acids is 4. The first-order chi connectivity index (χ1) is 34.5. The molecule has 0 bridgehead atoms. The van der Waals surface area contributed by atoms with Gasteiger partial charge in [-0.25, -0.2) is 14.7 Å². The molecule has 9 N–H and O–H groups in total. The van der Waals surface area contributed by atoms with Gasteiger partial charge in [-0.2, -0.15) is 0 Å². The second-order valence-corrected chi connectivity index (χ2v) is 19.3. The summed E-state index contributed by atoms with van der Waals surface area (Å²) in [6, 6.07) is 11.1. The molecule has 72 heavy (non-hydrogen) atoms. The fourth-order valence-corrected chi connectivity index (χ4v) is 8.45. The van der Waals surface area contributed by atoms with Crippen LogP contribution in [0.1, 0.15) is 68.1 Å². The maximum absolute atomic E-state index is 13.3. The zero-order valence-corrected chi connectivity index (χ0v) is 41.6. The third-order valence-electron chi connectivity index (χ3n) is 10.3. The lowest BCUT2D eigenvalue weighted by Crippen LogP contribution is -2.44. The van der Waals surface area contributed by atoms with Crippen molar-refractivity contribution in [1.29, 1.82) is 0 Å². The van der Waals surface area contributed by atoms with E-state index in [1.54, 1.807) is 4.90 Å². The Morgan fingerprint density at radius 2 is 1.03 bits per heavy atom. The minimum Gasteiger partial charge on any atom is -0.481 e. The number of carbonyl (C=O) groups is 8. The lowest BCUT2D eigenvalue weighted by Gasteiger charge is -2.27. The van der Waals surface area contributed by atoms with Crippen LogP contribution in [0.25, 0.3) is 12.2 Å². The maximum atomic E-state index is 13.3. The van der Waals surface area contributed by atoms with Crippen LogP contribution in [-0.2, 0) is 73.1 Å². The monoisotopic (exact) mass is 1050 g/mol. The molecule has 24 nitrogen and oxygen atoms in total. The SMILES string of the molecule is O=C(O)CCC(NP(O)(=P)OCC[C@H](NC(=O)CC[C@@H](NC(=O)CCOCCOCCOCCOCCOCCC(=O)NCCC(=O)N1Cc2ccccc2/C=C\c2ccccc21)C(=O)O)C(=O)O)C(=O)O. The molecule has 1 aliphatic rings. The van der Waals surface area contributed by atoms with Crippen LogP contribution < -0.4 is 25.9 Å². The summed E-state index contributed by atoms with van der Waals surface area (Å²) in [5.74, 6) is -7.48. The Morgan fingerprint density at radius 1 is 0.556 bits per heavy atom. The van der Waals surface area contributed by atoms with Crippen molar-refractivity contribution in [3.05, 3.63) is 65.2 Å². The van der Waals surface area contributed by atoms with E-state index in [9.17, 15) is 58.6 Å². The summed E-state index contributed by atoms with van der Waals surface area (Å²) >= 11 is 0. The highest BCUT2D eigenvalue weighted by atomic mass is 31.8. The zero-order chi connectivity index (χ0) is 52.7. The quantitative estimate of drug-likeness (QED) is 0.0343. The molecular weight excluding hydrogens is 988 g/mol. The molecule has 0 aliphatic carbocycles. The highest BCUT2D eigenvalue weighted by Crippen LogP contribution is 2.44. The third-order valence-corrected chi connectivity index (χ3v) is 12.3. The van der Waals surface area contributed by atoms with Crippen LogP contribution in [0.5, 0.6) is 0 Å². The summed E-state index contributed by atoms with van der Waals surface area (Å²) in [7, 11) is -0.932. The Morgan fingerprint density at radius 3 is 1.60 bits per heavy atom. The van der Waals surface area contributed by atoms with Gasteiger partial charge >= 0.3 is 23.9 Å². The maximum Gasteiger partial charge on any atom is 0.326 e. The molecule has 1 heterocycles. The standard InChI is InChI=1S/C46H65N5O19P2/c52-39(47-19-15-42(55)51-31-34-7-2-1-5-32(34)9-10-33-6-3-4-8-38(33)51)17-20-65-23-25-67-27-29-69-30-28-68-26-24-66-21-18-41(54)48-35(44(58)59)11-13-40(53)49-36(45(60)61)16-22-70-72(64,71)50-37(46(62)63)12-14-43(56)57/h1-10,35-37,50,64,71H,11-31H2,(H,47,52)(H,48,54)(H,49,53)(H,56,57)(H,58,59)(H,60,61)(H,62,63)/b10-9-/t35-,36+,37?,72?/m1/s1. The van der Waals surface area contributed by atoms with E-state index in [-0.39, 0.29) is 96.7 Å². The van der Waals surface area contributed by atoms with E-state index in [1.807, 2.05) is 54.6 Å². The van der Waals surface area contributed by atoms with Gasteiger partial charge in [0.1, 0.15) is 18.1 Å². The van der Waals surface area contributed by atoms with Crippen LogP contribution in [0.2, 0.25) is 0 Å². The molecule has 4 atom stereocenters. The molecule has 0 spiro atoms. The first-order valence-electron chi connectivity index (χ1n) is 23.0. The first-order valence-corrected chi connectivity index (χ1v) is 26.0. The number of benzene rings is 2. The van der Waals surface area contributed by atoms with E-state index in [0.717, 1.165) is 22.4 Å². The van der Waals surface area contributed by atoms with Crippen molar-refractivity contribution in [2.75, 3.05) is 84.1 Å². The zero-order valence-electron chi connectivity index (χ0n) is 39.7. The third kappa shape index (κ3) is 25.1. The molecule has 0 fully saturated rings. The average Bonchev–Trinajstić information content (AvgIpc) is 3.32. The molecule has 3 rings (SSSR count). The number of rotatable bonds is 38. The van der Waals surface area contributed by atoms with E-state index in [0.29, 0.717) is 26.4 Å². The highest BCUT2D eigenvalue weighted by molar-refractivity contribution is 7.90. The molecule has 0 aromatic heterocycles. The van der Waals surface area contributed by atoms with Gasteiger partial charge in [0.2, 0.25) is 30.8 Å². The number of anilines is 1. The van der Waals surface area contributed by atoms with Crippen LogP contribution in [-0.4, -0.2) is 170 Å². The number of carboxylic acid groups (broad SMARTS) is 4. The van der Waals surface area contributed by atoms with Crippen LogP contribution in [0.3, 0.4) is 0 Å². The number of fused-ring (bicyclic) bond motifs is 2. The molecule has 4 amide bonds. The predicted molar refractivity (Wildman–Crippen MR) is 262 cm³/mol. The fraction of sp³-hybridized carbons (Fsp3) is 0.522. The number of amides is 4. The van der Waals surface area contributed by atoms with Gasteiger partial charge in [-0.1, -0.05) is 63.1 Å². The van der Waals surface area contributed by atoms with Crippen LogP contribution in [0.4, 0.5) is 5.69 Å². The van der Waals surface area contributed by atoms with Crippen molar-refractivity contribution >= 4 is 81.0 Å². The molecule has 2 aromatic carbocycles. The summed E-state index contributed by atoms with van der Waals surface area (Å²) in [6.07, 6.45) is 1.97. The summed E-state index contributed by atoms with van der Waals surface area (Å²) in [5, 5.41) is 46.6.